The van der Waals surface area contributed by atoms with Crippen LogP contribution in [0.4, 0.5) is 4.79 Å². The lowest BCUT2D eigenvalue weighted by molar-refractivity contribution is -0.106. The fourth-order valence-corrected chi connectivity index (χ4v) is 1.61. The molecule has 0 saturated carbocycles. The Bertz CT molecular complexity index is 394. The molecule has 0 aromatic rings. The maximum atomic E-state index is 11.9. The third-order valence-corrected chi connectivity index (χ3v) is 2.42. The van der Waals surface area contributed by atoms with Crippen molar-refractivity contribution in [2.24, 2.45) is 10.7 Å². The Hall–Kier alpha value is -1.85. The number of hydrogen-bond donors (Lipinski definition) is 1. The number of carbonyl (C=O) groups is 2. The van der Waals surface area contributed by atoms with E-state index in [1.165, 1.54) is 11.1 Å². The van der Waals surface area contributed by atoms with Gasteiger partial charge in [0.25, 0.3) is 0 Å². The molecule has 1 fully saturated rings. The summed E-state index contributed by atoms with van der Waals surface area (Å²) in [6.07, 6.45) is 2.05. The van der Waals surface area contributed by atoms with Crippen molar-refractivity contribution in [1.82, 2.24) is 4.90 Å². The van der Waals surface area contributed by atoms with Crippen LogP contribution in [0, 0.1) is 0 Å². The normalized spacial score (nSPS) is 21.2. The van der Waals surface area contributed by atoms with Crippen molar-refractivity contribution in [1.29, 1.82) is 0 Å². The minimum absolute atomic E-state index is 0.247. The van der Waals surface area contributed by atoms with Crippen molar-refractivity contribution in [3.63, 3.8) is 0 Å². The average Bonchev–Trinajstić information content (AvgIpc) is 2.27. The second-order valence-corrected chi connectivity index (χ2v) is 5.03. The highest BCUT2D eigenvalue weighted by molar-refractivity contribution is 6.06. The van der Waals surface area contributed by atoms with E-state index in [-0.39, 0.29) is 6.54 Å². The lowest BCUT2D eigenvalue weighted by Crippen LogP contribution is -2.44. The zero-order valence-corrected chi connectivity index (χ0v) is 11.0. The first kappa shape index (κ1) is 14.2. The summed E-state index contributed by atoms with van der Waals surface area (Å²) in [6.45, 7) is 6.17. The Morgan fingerprint density at radius 2 is 2.17 bits per heavy atom. The van der Waals surface area contributed by atoms with Crippen LogP contribution in [-0.4, -0.2) is 41.8 Å². The first-order valence-corrected chi connectivity index (χ1v) is 5.77. The smallest absolute Gasteiger partial charge is 0.410 e. The highest BCUT2D eigenvalue weighted by Crippen LogP contribution is 2.17. The molecule has 0 spiro atoms. The van der Waals surface area contributed by atoms with Crippen LogP contribution in [-0.2, 0) is 9.53 Å². The third-order valence-electron chi connectivity index (χ3n) is 2.42. The predicted octanol–water partition coefficient (Wildman–Crippen LogP) is 1.07. The van der Waals surface area contributed by atoms with E-state index in [4.69, 9.17) is 10.5 Å². The number of nitrogens with zero attached hydrogens (tertiary/aromatic N) is 2. The van der Waals surface area contributed by atoms with E-state index in [0.717, 1.165) is 5.57 Å². The van der Waals surface area contributed by atoms with E-state index in [1.54, 1.807) is 20.8 Å². The van der Waals surface area contributed by atoms with Gasteiger partial charge in [-0.2, -0.15) is 0 Å². The van der Waals surface area contributed by atoms with Gasteiger partial charge in [0, 0.05) is 6.54 Å². The summed E-state index contributed by atoms with van der Waals surface area (Å²) in [5.41, 5.74) is 6.23. The van der Waals surface area contributed by atoms with Crippen molar-refractivity contribution in [3.05, 3.63) is 11.8 Å². The SMILES string of the molecule is CC(C)(C)OC(=O)N1CC/C(=C/N)C(=NC=O)C1. The van der Waals surface area contributed by atoms with E-state index < -0.39 is 11.7 Å². The fourth-order valence-electron chi connectivity index (χ4n) is 1.61. The molecule has 18 heavy (non-hydrogen) atoms. The lowest BCUT2D eigenvalue weighted by Gasteiger charge is -2.31. The number of likely N-dealkylation sites (tertiary alicyclic amines) is 1. The van der Waals surface area contributed by atoms with Gasteiger partial charge in [-0.1, -0.05) is 0 Å². The van der Waals surface area contributed by atoms with Gasteiger partial charge >= 0.3 is 6.09 Å². The molecule has 0 aliphatic carbocycles. The van der Waals surface area contributed by atoms with Crippen molar-refractivity contribution in [2.45, 2.75) is 32.8 Å². The monoisotopic (exact) mass is 253 g/mol. The largest absolute Gasteiger partial charge is 0.444 e. The second-order valence-electron chi connectivity index (χ2n) is 5.03. The maximum Gasteiger partial charge on any atom is 0.410 e. The van der Waals surface area contributed by atoms with Crippen LogP contribution in [0.2, 0.25) is 0 Å². The Kier molecular flexibility index (Phi) is 4.47. The molecule has 0 unspecified atom stereocenters. The topological polar surface area (TPSA) is 85.0 Å². The van der Waals surface area contributed by atoms with Gasteiger partial charge in [-0.15, -0.1) is 0 Å². The lowest BCUT2D eigenvalue weighted by atomic mass is 10.0. The van der Waals surface area contributed by atoms with Crippen molar-refractivity contribution < 1.29 is 14.3 Å². The molecular weight excluding hydrogens is 234 g/mol. The van der Waals surface area contributed by atoms with E-state index in [1.807, 2.05) is 0 Å². The van der Waals surface area contributed by atoms with Crippen LogP contribution >= 0.6 is 0 Å². The molecule has 0 atom stereocenters. The number of ether oxygens (including phenoxy) is 1. The number of amides is 2. The summed E-state index contributed by atoms with van der Waals surface area (Å²) < 4.78 is 5.27. The summed E-state index contributed by atoms with van der Waals surface area (Å²) in [4.78, 5) is 27.5. The van der Waals surface area contributed by atoms with Crippen LogP contribution in [0.25, 0.3) is 0 Å². The summed E-state index contributed by atoms with van der Waals surface area (Å²) in [7, 11) is 0. The first-order valence-electron chi connectivity index (χ1n) is 5.77. The van der Waals surface area contributed by atoms with E-state index in [9.17, 15) is 9.59 Å². The second kappa shape index (κ2) is 5.66. The zero-order valence-electron chi connectivity index (χ0n) is 11.0. The number of rotatable bonds is 1. The minimum Gasteiger partial charge on any atom is -0.444 e. The van der Waals surface area contributed by atoms with Gasteiger partial charge in [0.1, 0.15) is 5.60 Å². The van der Waals surface area contributed by atoms with Crippen LogP contribution in [0.3, 0.4) is 0 Å². The van der Waals surface area contributed by atoms with Gasteiger partial charge in [0.15, 0.2) is 0 Å². The molecule has 1 heterocycles. The van der Waals surface area contributed by atoms with Crippen LogP contribution in [0.1, 0.15) is 27.2 Å². The molecule has 1 rings (SSSR count). The quantitative estimate of drug-likeness (QED) is 0.708. The number of hydrogen-bond acceptors (Lipinski definition) is 4. The molecule has 6 nitrogen and oxygen atoms in total. The molecule has 100 valence electrons. The Morgan fingerprint density at radius 1 is 1.50 bits per heavy atom. The molecule has 2 amide bonds. The van der Waals surface area contributed by atoms with Crippen LogP contribution in [0.5, 0.6) is 0 Å². The van der Waals surface area contributed by atoms with Crippen LogP contribution in [0.15, 0.2) is 16.8 Å². The highest BCUT2D eigenvalue weighted by atomic mass is 16.6. The Morgan fingerprint density at radius 3 is 2.67 bits per heavy atom. The van der Waals surface area contributed by atoms with Gasteiger partial charge in [-0.05, 0) is 39.0 Å². The fraction of sp³-hybridized carbons (Fsp3) is 0.583. The van der Waals surface area contributed by atoms with E-state index in [0.29, 0.717) is 25.1 Å². The first-order chi connectivity index (χ1) is 8.37. The van der Waals surface area contributed by atoms with Crippen molar-refractivity contribution >= 4 is 18.2 Å². The highest BCUT2D eigenvalue weighted by Gasteiger charge is 2.27. The van der Waals surface area contributed by atoms with Gasteiger partial charge in [-0.25, -0.2) is 9.79 Å². The molecule has 1 aliphatic rings. The van der Waals surface area contributed by atoms with Gasteiger partial charge in [0.05, 0.1) is 12.3 Å². The molecule has 1 aliphatic heterocycles. The van der Waals surface area contributed by atoms with Gasteiger partial charge < -0.3 is 15.4 Å². The predicted molar refractivity (Wildman–Crippen MR) is 68.2 cm³/mol. The number of nitrogens with two attached hydrogens (primary N) is 1. The summed E-state index contributed by atoms with van der Waals surface area (Å²) in [5.74, 6) is 0. The molecule has 0 radical (unpaired) electrons. The number of aliphatic imine (C=N–C) groups is 1. The van der Waals surface area contributed by atoms with E-state index in [2.05, 4.69) is 4.99 Å². The molecule has 6 heteroatoms. The summed E-state index contributed by atoms with van der Waals surface area (Å²) in [5, 5.41) is 0. The molecule has 2 N–H and O–H groups in total. The molecule has 0 aromatic heterocycles. The number of piperidine rings is 1. The average molecular weight is 253 g/mol. The van der Waals surface area contributed by atoms with Gasteiger partial charge in [0.2, 0.25) is 6.41 Å². The Balaban J connectivity index is 2.75. The van der Waals surface area contributed by atoms with Crippen molar-refractivity contribution in [3.8, 4) is 0 Å². The van der Waals surface area contributed by atoms with Crippen molar-refractivity contribution in [2.75, 3.05) is 13.1 Å². The molecule has 0 bridgehead atoms. The molecule has 0 aromatic carbocycles. The maximum absolute atomic E-state index is 11.9. The van der Waals surface area contributed by atoms with Gasteiger partial charge in [-0.3, -0.25) is 4.79 Å². The Labute approximate surface area is 106 Å². The van der Waals surface area contributed by atoms with E-state index >= 15 is 0 Å². The molecule has 1 saturated heterocycles. The van der Waals surface area contributed by atoms with Crippen LogP contribution < -0.4 is 5.73 Å². The summed E-state index contributed by atoms with van der Waals surface area (Å²) >= 11 is 0. The minimum atomic E-state index is -0.539. The standard InChI is InChI=1S/C12H19N3O3/c1-12(2,3)18-11(17)15-5-4-9(6-13)10(7-15)14-8-16/h6,8H,4-5,7,13H2,1-3H3/b9-6-,14-10?. The molecular formula is C12H19N3O3. The number of carbonyl (C=O) groups excluding carboxylic acids is 2. The third kappa shape index (κ3) is 3.87. The zero-order chi connectivity index (χ0) is 13.8. The summed E-state index contributed by atoms with van der Waals surface area (Å²) in [6, 6.07) is 0.